The summed E-state index contributed by atoms with van der Waals surface area (Å²) in [5.41, 5.74) is 3.89. The summed E-state index contributed by atoms with van der Waals surface area (Å²) in [5.74, 6) is 0.310. The molecule has 1 aliphatic rings. The number of esters is 1. The van der Waals surface area contributed by atoms with Crippen LogP contribution in [0.15, 0.2) is 61.3 Å². The predicted octanol–water partition coefficient (Wildman–Crippen LogP) is 6.66. The standard InChI is InChI=1S/C24H18BrClN2O4S/c1-12-8-15(9-13(2)21(12)25)27-24-28-22(29)20(33-24)11-16-5-7-19(32-16)14-4-6-17(18(26)10-14)23(30)31-3/h4-11H,1-3H3,(H,27,28,29)/b20-11-. The van der Waals surface area contributed by atoms with E-state index in [2.05, 4.69) is 26.2 Å². The molecule has 33 heavy (non-hydrogen) atoms. The third kappa shape index (κ3) is 5.08. The minimum absolute atomic E-state index is 0.243. The van der Waals surface area contributed by atoms with Crippen molar-refractivity contribution in [3.63, 3.8) is 0 Å². The summed E-state index contributed by atoms with van der Waals surface area (Å²) in [6.07, 6.45) is 1.66. The number of carbonyl (C=O) groups excluding carboxylic acids is 2. The number of amidine groups is 1. The molecule has 1 N–H and O–H groups in total. The van der Waals surface area contributed by atoms with E-state index in [1.807, 2.05) is 26.0 Å². The average molecular weight is 546 g/mol. The fraction of sp³-hybridized carbons (Fsp3) is 0.125. The number of ether oxygens (including phenoxy) is 1. The summed E-state index contributed by atoms with van der Waals surface area (Å²) in [5, 5.41) is 3.55. The summed E-state index contributed by atoms with van der Waals surface area (Å²) >= 11 is 11.0. The average Bonchev–Trinajstić information content (AvgIpc) is 3.38. The van der Waals surface area contributed by atoms with Gasteiger partial charge in [0, 0.05) is 16.1 Å². The van der Waals surface area contributed by atoms with E-state index >= 15 is 0 Å². The summed E-state index contributed by atoms with van der Waals surface area (Å²) in [7, 11) is 1.30. The second-order valence-corrected chi connectivity index (χ2v) is 9.49. The molecular formula is C24H18BrClN2O4S. The lowest BCUT2D eigenvalue weighted by Gasteiger charge is -2.04. The van der Waals surface area contributed by atoms with Crippen molar-refractivity contribution in [1.82, 2.24) is 5.32 Å². The van der Waals surface area contributed by atoms with Crippen molar-refractivity contribution in [2.24, 2.45) is 4.99 Å². The number of hydrogen-bond donors (Lipinski definition) is 1. The van der Waals surface area contributed by atoms with Gasteiger partial charge < -0.3 is 14.5 Å². The molecule has 1 aromatic heterocycles. The number of aliphatic imine (C=N–C) groups is 1. The summed E-state index contributed by atoms with van der Waals surface area (Å²) < 4.78 is 11.6. The zero-order valence-corrected chi connectivity index (χ0v) is 21.0. The molecule has 4 rings (SSSR count). The first-order valence-electron chi connectivity index (χ1n) is 9.79. The van der Waals surface area contributed by atoms with E-state index in [1.54, 1.807) is 36.4 Å². The molecule has 2 heterocycles. The number of aryl methyl sites for hydroxylation is 2. The number of thioether (sulfide) groups is 1. The van der Waals surface area contributed by atoms with Gasteiger partial charge in [-0.05, 0) is 73.1 Å². The van der Waals surface area contributed by atoms with Gasteiger partial charge in [-0.3, -0.25) is 4.79 Å². The molecule has 1 saturated heterocycles. The van der Waals surface area contributed by atoms with Crippen molar-refractivity contribution in [3.8, 4) is 11.3 Å². The molecule has 0 aliphatic carbocycles. The van der Waals surface area contributed by atoms with Crippen molar-refractivity contribution >= 4 is 68.1 Å². The molecule has 1 amide bonds. The second kappa shape index (κ2) is 9.59. The van der Waals surface area contributed by atoms with Crippen LogP contribution < -0.4 is 5.32 Å². The van der Waals surface area contributed by atoms with Gasteiger partial charge in [0.25, 0.3) is 5.91 Å². The molecule has 9 heteroatoms. The lowest BCUT2D eigenvalue weighted by Crippen LogP contribution is -2.19. The van der Waals surface area contributed by atoms with Crippen LogP contribution >= 0.6 is 39.3 Å². The Balaban J connectivity index is 1.54. The Morgan fingerprint density at radius 1 is 1.18 bits per heavy atom. The first-order chi connectivity index (χ1) is 15.7. The van der Waals surface area contributed by atoms with E-state index in [9.17, 15) is 9.59 Å². The Labute approximate surface area is 208 Å². The third-order valence-electron chi connectivity index (χ3n) is 4.86. The number of hydrogen-bond acceptors (Lipinski definition) is 6. The summed E-state index contributed by atoms with van der Waals surface area (Å²) in [6.45, 7) is 3.99. The highest BCUT2D eigenvalue weighted by Gasteiger charge is 2.24. The molecule has 0 radical (unpaired) electrons. The number of carbonyl (C=O) groups is 2. The lowest BCUT2D eigenvalue weighted by molar-refractivity contribution is -0.115. The van der Waals surface area contributed by atoms with Crippen molar-refractivity contribution < 1.29 is 18.7 Å². The van der Waals surface area contributed by atoms with E-state index in [0.717, 1.165) is 21.3 Å². The molecule has 168 valence electrons. The highest BCUT2D eigenvalue weighted by Crippen LogP contribution is 2.33. The molecular weight excluding hydrogens is 528 g/mol. The maximum absolute atomic E-state index is 12.4. The van der Waals surface area contributed by atoms with Crippen LogP contribution in [0.5, 0.6) is 0 Å². The molecule has 0 saturated carbocycles. The van der Waals surface area contributed by atoms with Crippen LogP contribution in [0.25, 0.3) is 17.4 Å². The highest BCUT2D eigenvalue weighted by molar-refractivity contribution is 9.10. The molecule has 0 spiro atoms. The summed E-state index contributed by atoms with van der Waals surface area (Å²) in [6, 6.07) is 12.4. The fourth-order valence-electron chi connectivity index (χ4n) is 3.24. The normalized spacial score (nSPS) is 15.8. The van der Waals surface area contributed by atoms with Crippen molar-refractivity contribution in [2.45, 2.75) is 13.8 Å². The zero-order chi connectivity index (χ0) is 23.7. The van der Waals surface area contributed by atoms with E-state index in [1.165, 1.54) is 18.9 Å². The Morgan fingerprint density at radius 2 is 1.91 bits per heavy atom. The molecule has 1 fully saturated rings. The molecule has 2 aromatic carbocycles. The van der Waals surface area contributed by atoms with E-state index in [0.29, 0.717) is 27.2 Å². The maximum atomic E-state index is 12.4. The van der Waals surface area contributed by atoms with Gasteiger partial charge in [0.05, 0.1) is 28.3 Å². The fourth-order valence-corrected chi connectivity index (χ4v) is 4.55. The second-order valence-electron chi connectivity index (χ2n) is 7.26. The molecule has 0 unspecified atom stereocenters. The largest absolute Gasteiger partial charge is 0.465 e. The van der Waals surface area contributed by atoms with E-state index in [-0.39, 0.29) is 16.5 Å². The number of nitrogens with one attached hydrogen (secondary N) is 1. The number of benzene rings is 2. The first kappa shape index (κ1) is 23.4. The van der Waals surface area contributed by atoms with Crippen molar-refractivity contribution in [2.75, 3.05) is 7.11 Å². The Morgan fingerprint density at radius 3 is 2.58 bits per heavy atom. The molecule has 3 aromatic rings. The Bertz CT molecular complexity index is 1320. The van der Waals surface area contributed by atoms with Gasteiger partial charge in [-0.15, -0.1) is 0 Å². The van der Waals surface area contributed by atoms with Gasteiger partial charge >= 0.3 is 5.97 Å². The van der Waals surface area contributed by atoms with Crippen molar-refractivity contribution in [1.29, 1.82) is 0 Å². The number of amides is 1. The molecule has 0 atom stereocenters. The van der Waals surface area contributed by atoms with Gasteiger partial charge in [0.1, 0.15) is 11.5 Å². The molecule has 6 nitrogen and oxygen atoms in total. The number of rotatable bonds is 4. The van der Waals surface area contributed by atoms with Gasteiger partial charge in [-0.2, -0.15) is 0 Å². The lowest BCUT2D eigenvalue weighted by atomic mass is 10.1. The van der Waals surface area contributed by atoms with Crippen molar-refractivity contribution in [3.05, 3.63) is 79.3 Å². The van der Waals surface area contributed by atoms with Gasteiger partial charge in [0.15, 0.2) is 5.17 Å². The monoisotopic (exact) mass is 544 g/mol. The van der Waals surface area contributed by atoms with Crippen LogP contribution in [-0.4, -0.2) is 24.2 Å². The van der Waals surface area contributed by atoms with E-state index < -0.39 is 5.97 Å². The Hall–Kier alpha value is -2.81. The number of nitrogens with zero attached hydrogens (tertiary/aromatic N) is 1. The highest BCUT2D eigenvalue weighted by atomic mass is 79.9. The zero-order valence-electron chi connectivity index (χ0n) is 17.9. The first-order valence-corrected chi connectivity index (χ1v) is 11.8. The topological polar surface area (TPSA) is 80.9 Å². The third-order valence-corrected chi connectivity index (χ3v) is 7.34. The Kier molecular flexibility index (Phi) is 6.78. The van der Waals surface area contributed by atoms with Crippen LogP contribution in [0.4, 0.5) is 5.69 Å². The molecule has 0 bridgehead atoms. The SMILES string of the molecule is COC(=O)c1ccc(-c2ccc(/C=C3\SC(=Nc4cc(C)c(Br)c(C)c4)NC3=O)o2)cc1Cl. The number of halogens is 2. The number of methoxy groups -OCH3 is 1. The smallest absolute Gasteiger partial charge is 0.339 e. The van der Waals surface area contributed by atoms with Crippen LogP contribution in [0.1, 0.15) is 27.2 Å². The number of furan rings is 1. The van der Waals surface area contributed by atoms with Gasteiger partial charge in [-0.25, -0.2) is 9.79 Å². The predicted molar refractivity (Wildman–Crippen MR) is 135 cm³/mol. The quantitative estimate of drug-likeness (QED) is 0.293. The maximum Gasteiger partial charge on any atom is 0.339 e. The molecule has 1 aliphatic heterocycles. The van der Waals surface area contributed by atoms with Crippen LogP contribution in [-0.2, 0) is 9.53 Å². The minimum atomic E-state index is -0.508. The van der Waals surface area contributed by atoms with Crippen LogP contribution in [0.2, 0.25) is 5.02 Å². The minimum Gasteiger partial charge on any atom is -0.465 e. The van der Waals surface area contributed by atoms with Crippen LogP contribution in [0.3, 0.4) is 0 Å². The van der Waals surface area contributed by atoms with Crippen LogP contribution in [0, 0.1) is 13.8 Å². The van der Waals surface area contributed by atoms with E-state index in [4.69, 9.17) is 20.8 Å². The van der Waals surface area contributed by atoms with Gasteiger partial charge in [0.2, 0.25) is 0 Å². The summed E-state index contributed by atoms with van der Waals surface area (Å²) in [4.78, 5) is 29.2. The van der Waals surface area contributed by atoms with Gasteiger partial charge in [-0.1, -0.05) is 33.6 Å².